The van der Waals surface area contributed by atoms with Crippen molar-refractivity contribution in [2.24, 2.45) is 11.7 Å². The van der Waals surface area contributed by atoms with Crippen molar-refractivity contribution in [2.45, 2.75) is 52.1 Å². The van der Waals surface area contributed by atoms with Crippen molar-refractivity contribution < 1.29 is 14.3 Å². The molecule has 5 heteroatoms. The molecule has 0 aliphatic carbocycles. The summed E-state index contributed by atoms with van der Waals surface area (Å²) < 4.78 is 4.66. The number of carbonyl (C=O) groups is 2. The molecule has 5 nitrogen and oxygen atoms in total. The van der Waals surface area contributed by atoms with Crippen LogP contribution in [0.25, 0.3) is 0 Å². The summed E-state index contributed by atoms with van der Waals surface area (Å²) >= 11 is 0. The first-order valence-electron chi connectivity index (χ1n) is 6.06. The van der Waals surface area contributed by atoms with E-state index in [1.54, 1.807) is 0 Å². The van der Waals surface area contributed by atoms with Gasteiger partial charge in [0, 0.05) is 0 Å². The molecule has 1 amide bonds. The molecule has 0 bridgehead atoms. The first-order valence-corrected chi connectivity index (χ1v) is 6.06. The number of esters is 1. The SMILES string of the molecule is CCC[C@@H](N)C(=O)N[C@@H](CC(C)C)C(=O)OC. The maximum atomic E-state index is 11.7. The number of methoxy groups -OCH3 is 1. The lowest BCUT2D eigenvalue weighted by Crippen LogP contribution is -2.49. The lowest BCUT2D eigenvalue weighted by Gasteiger charge is -2.20. The van der Waals surface area contributed by atoms with Gasteiger partial charge in [-0.15, -0.1) is 0 Å². The van der Waals surface area contributed by atoms with Crippen molar-refractivity contribution in [1.82, 2.24) is 5.32 Å². The minimum Gasteiger partial charge on any atom is -0.467 e. The van der Waals surface area contributed by atoms with E-state index in [1.807, 2.05) is 20.8 Å². The van der Waals surface area contributed by atoms with Gasteiger partial charge in [0.05, 0.1) is 13.2 Å². The lowest BCUT2D eigenvalue weighted by atomic mass is 10.0. The number of rotatable bonds is 7. The molecule has 0 aromatic rings. The summed E-state index contributed by atoms with van der Waals surface area (Å²) in [4.78, 5) is 23.2. The van der Waals surface area contributed by atoms with Gasteiger partial charge in [-0.1, -0.05) is 27.2 Å². The number of hydrogen-bond donors (Lipinski definition) is 2. The molecule has 0 aliphatic heterocycles. The van der Waals surface area contributed by atoms with Crippen LogP contribution in [0.2, 0.25) is 0 Å². The van der Waals surface area contributed by atoms with E-state index >= 15 is 0 Å². The van der Waals surface area contributed by atoms with Gasteiger partial charge in [0.15, 0.2) is 0 Å². The Balaban J connectivity index is 4.42. The number of amides is 1. The van der Waals surface area contributed by atoms with Crippen molar-refractivity contribution in [3.8, 4) is 0 Å². The van der Waals surface area contributed by atoms with E-state index in [4.69, 9.17) is 5.73 Å². The van der Waals surface area contributed by atoms with Gasteiger partial charge in [-0.3, -0.25) is 4.79 Å². The van der Waals surface area contributed by atoms with Crippen LogP contribution in [0.5, 0.6) is 0 Å². The van der Waals surface area contributed by atoms with Gasteiger partial charge < -0.3 is 15.8 Å². The van der Waals surface area contributed by atoms with Crippen LogP contribution in [0.4, 0.5) is 0 Å². The molecule has 0 saturated heterocycles. The normalized spacial score (nSPS) is 14.2. The molecular formula is C12H24N2O3. The second-order valence-corrected chi connectivity index (χ2v) is 4.61. The molecule has 100 valence electrons. The molecule has 17 heavy (non-hydrogen) atoms. The predicted molar refractivity (Wildman–Crippen MR) is 66.3 cm³/mol. The first-order chi connectivity index (χ1) is 7.92. The van der Waals surface area contributed by atoms with Crippen molar-refractivity contribution in [3.05, 3.63) is 0 Å². The highest BCUT2D eigenvalue weighted by molar-refractivity contribution is 5.87. The molecule has 2 atom stereocenters. The van der Waals surface area contributed by atoms with E-state index in [0.29, 0.717) is 18.8 Å². The fourth-order valence-corrected chi connectivity index (χ4v) is 1.55. The van der Waals surface area contributed by atoms with Gasteiger partial charge in [0.2, 0.25) is 5.91 Å². The van der Waals surface area contributed by atoms with Crippen LogP contribution in [0.15, 0.2) is 0 Å². The smallest absolute Gasteiger partial charge is 0.328 e. The zero-order valence-electron chi connectivity index (χ0n) is 11.2. The van der Waals surface area contributed by atoms with Crippen LogP contribution in [0.3, 0.4) is 0 Å². The van der Waals surface area contributed by atoms with Crippen LogP contribution >= 0.6 is 0 Å². The average molecular weight is 244 g/mol. The van der Waals surface area contributed by atoms with E-state index in [9.17, 15) is 9.59 Å². The van der Waals surface area contributed by atoms with Gasteiger partial charge in [0.25, 0.3) is 0 Å². The Morgan fingerprint density at radius 3 is 2.35 bits per heavy atom. The van der Waals surface area contributed by atoms with E-state index in [0.717, 1.165) is 6.42 Å². The molecule has 0 unspecified atom stereocenters. The summed E-state index contributed by atoms with van der Waals surface area (Å²) in [5.41, 5.74) is 5.68. The molecular weight excluding hydrogens is 220 g/mol. The van der Waals surface area contributed by atoms with Crippen LogP contribution < -0.4 is 11.1 Å². The minimum atomic E-state index is -0.601. The Kier molecular flexibility index (Phi) is 7.54. The Hall–Kier alpha value is -1.10. The van der Waals surface area contributed by atoms with Crippen LogP contribution in [0, 0.1) is 5.92 Å². The number of nitrogens with two attached hydrogens (primary N) is 1. The van der Waals surface area contributed by atoms with Crippen LogP contribution in [-0.2, 0) is 14.3 Å². The maximum Gasteiger partial charge on any atom is 0.328 e. The Labute approximate surface area is 103 Å². The third kappa shape index (κ3) is 6.26. The molecule has 0 saturated carbocycles. The average Bonchev–Trinajstić information content (AvgIpc) is 2.26. The summed E-state index contributed by atoms with van der Waals surface area (Å²) in [6.07, 6.45) is 2.00. The summed E-state index contributed by atoms with van der Waals surface area (Å²) in [5.74, 6) is -0.416. The fraction of sp³-hybridized carbons (Fsp3) is 0.833. The summed E-state index contributed by atoms with van der Waals surface area (Å²) in [6, 6.07) is -1.16. The number of hydrogen-bond acceptors (Lipinski definition) is 4. The molecule has 0 rings (SSSR count). The van der Waals surface area contributed by atoms with Gasteiger partial charge in [0.1, 0.15) is 6.04 Å². The number of ether oxygens (including phenoxy) is 1. The number of nitrogens with one attached hydrogen (secondary N) is 1. The zero-order chi connectivity index (χ0) is 13.4. The standard InChI is InChI=1S/C12H24N2O3/c1-5-6-9(13)11(15)14-10(7-8(2)3)12(16)17-4/h8-10H,5-7,13H2,1-4H3,(H,14,15)/t9-,10+/m1/s1. The van der Waals surface area contributed by atoms with Gasteiger partial charge in [-0.25, -0.2) is 4.79 Å². The Morgan fingerprint density at radius 2 is 1.94 bits per heavy atom. The Bertz CT molecular complexity index is 254. The lowest BCUT2D eigenvalue weighted by molar-refractivity contribution is -0.145. The molecule has 0 aromatic heterocycles. The van der Waals surface area contributed by atoms with Crippen LogP contribution in [0.1, 0.15) is 40.0 Å². The molecule has 0 aromatic carbocycles. The van der Waals surface area contributed by atoms with E-state index in [-0.39, 0.29) is 5.91 Å². The summed E-state index contributed by atoms with van der Waals surface area (Å²) in [6.45, 7) is 5.92. The molecule has 0 heterocycles. The fourth-order valence-electron chi connectivity index (χ4n) is 1.55. The highest BCUT2D eigenvalue weighted by Crippen LogP contribution is 2.07. The van der Waals surface area contributed by atoms with Gasteiger partial charge >= 0.3 is 5.97 Å². The van der Waals surface area contributed by atoms with Crippen molar-refractivity contribution >= 4 is 11.9 Å². The van der Waals surface area contributed by atoms with Crippen molar-refractivity contribution in [1.29, 1.82) is 0 Å². The topological polar surface area (TPSA) is 81.4 Å². The van der Waals surface area contributed by atoms with E-state index in [2.05, 4.69) is 10.1 Å². The molecule has 3 N–H and O–H groups in total. The third-order valence-corrected chi connectivity index (χ3v) is 2.45. The molecule has 0 radical (unpaired) electrons. The molecule has 0 aliphatic rings. The van der Waals surface area contributed by atoms with Crippen molar-refractivity contribution in [3.63, 3.8) is 0 Å². The molecule has 0 fully saturated rings. The highest BCUT2D eigenvalue weighted by atomic mass is 16.5. The molecule has 0 spiro atoms. The largest absolute Gasteiger partial charge is 0.467 e. The monoisotopic (exact) mass is 244 g/mol. The van der Waals surface area contributed by atoms with Gasteiger partial charge in [-0.2, -0.15) is 0 Å². The summed E-state index contributed by atoms with van der Waals surface area (Å²) in [5, 5.41) is 2.65. The maximum absolute atomic E-state index is 11.7. The van der Waals surface area contributed by atoms with E-state index < -0.39 is 18.1 Å². The highest BCUT2D eigenvalue weighted by Gasteiger charge is 2.24. The van der Waals surface area contributed by atoms with Gasteiger partial charge in [-0.05, 0) is 18.8 Å². The second kappa shape index (κ2) is 8.06. The predicted octanol–water partition coefficient (Wildman–Crippen LogP) is 0.818. The quantitative estimate of drug-likeness (QED) is 0.650. The van der Waals surface area contributed by atoms with Crippen LogP contribution in [-0.4, -0.2) is 31.1 Å². The van der Waals surface area contributed by atoms with E-state index in [1.165, 1.54) is 7.11 Å². The summed E-state index contributed by atoms with van der Waals surface area (Å²) in [7, 11) is 1.31. The zero-order valence-corrected chi connectivity index (χ0v) is 11.2. The number of carbonyl (C=O) groups excluding carboxylic acids is 2. The van der Waals surface area contributed by atoms with Crippen molar-refractivity contribution in [2.75, 3.05) is 7.11 Å². The second-order valence-electron chi connectivity index (χ2n) is 4.61. The Morgan fingerprint density at radius 1 is 1.35 bits per heavy atom. The third-order valence-electron chi connectivity index (χ3n) is 2.45. The first kappa shape index (κ1) is 15.9. The minimum absolute atomic E-state index is 0.289.